The molecule has 0 radical (unpaired) electrons. The van der Waals surface area contributed by atoms with E-state index in [1.54, 1.807) is 0 Å². The Balaban J connectivity index is 1.89. The fraction of sp³-hybridized carbons (Fsp3) is 0.429. The Bertz CT molecular complexity index is 827. The first-order chi connectivity index (χ1) is 12.0. The number of benzene rings is 1. The topological polar surface area (TPSA) is 147 Å². The number of alkyl halides is 1. The van der Waals surface area contributed by atoms with E-state index in [0.29, 0.717) is 0 Å². The van der Waals surface area contributed by atoms with Gasteiger partial charge in [0.25, 0.3) is 5.69 Å². The number of aliphatic carboxylic acids is 1. The van der Waals surface area contributed by atoms with Crippen molar-refractivity contribution in [1.82, 2.24) is 9.62 Å². The molecule has 1 aliphatic heterocycles. The zero-order chi connectivity index (χ0) is 19.5. The molecule has 2 N–H and O–H groups in total. The van der Waals surface area contributed by atoms with Gasteiger partial charge in [-0.2, -0.15) is 0 Å². The Labute approximate surface area is 147 Å². The third-order valence-corrected chi connectivity index (χ3v) is 5.42. The second kappa shape index (κ2) is 7.33. The number of nitrogens with zero attached hydrogens (tertiary/aromatic N) is 2. The molecule has 1 saturated heterocycles. The highest BCUT2D eigenvalue weighted by atomic mass is 32.2. The van der Waals surface area contributed by atoms with Crippen LogP contribution in [-0.4, -0.2) is 60.5 Å². The molecule has 12 heteroatoms. The minimum atomic E-state index is -3.97. The number of nitrogens with one attached hydrogen (secondary N) is 1. The molecule has 2 rings (SSSR count). The summed E-state index contributed by atoms with van der Waals surface area (Å²) in [5.74, 6) is -2.20. The Morgan fingerprint density at radius 3 is 2.46 bits per heavy atom. The second-order valence-corrected chi connectivity index (χ2v) is 7.50. The van der Waals surface area contributed by atoms with Crippen molar-refractivity contribution in [3.05, 3.63) is 34.4 Å². The number of hydrogen-bond acceptors (Lipinski definition) is 6. The molecule has 0 saturated carbocycles. The van der Waals surface area contributed by atoms with Crippen molar-refractivity contribution in [2.45, 2.75) is 23.4 Å². The van der Waals surface area contributed by atoms with E-state index in [9.17, 15) is 32.5 Å². The molecule has 0 spiro atoms. The molecule has 1 aliphatic rings. The highest BCUT2D eigenvalue weighted by Gasteiger charge is 2.46. The first-order valence-corrected chi connectivity index (χ1v) is 8.98. The van der Waals surface area contributed by atoms with Gasteiger partial charge in [0.15, 0.2) is 0 Å². The summed E-state index contributed by atoms with van der Waals surface area (Å²) in [6.45, 7) is -0.909. The van der Waals surface area contributed by atoms with Crippen molar-refractivity contribution in [3.8, 4) is 0 Å². The van der Waals surface area contributed by atoms with Crippen LogP contribution in [0.5, 0.6) is 0 Å². The third kappa shape index (κ3) is 4.32. The monoisotopic (exact) mass is 389 g/mol. The molecule has 10 nitrogen and oxygen atoms in total. The van der Waals surface area contributed by atoms with Gasteiger partial charge in [-0.25, -0.2) is 22.3 Å². The zero-order valence-electron chi connectivity index (χ0n) is 13.4. The summed E-state index contributed by atoms with van der Waals surface area (Å²) in [5.41, 5.74) is -2.74. The van der Waals surface area contributed by atoms with E-state index in [4.69, 9.17) is 5.11 Å². The predicted molar refractivity (Wildman–Crippen MR) is 85.6 cm³/mol. The Morgan fingerprint density at radius 1 is 1.35 bits per heavy atom. The Morgan fingerprint density at radius 2 is 1.96 bits per heavy atom. The van der Waals surface area contributed by atoms with E-state index in [2.05, 4.69) is 4.72 Å². The maximum Gasteiger partial charge on any atom is 0.343 e. The highest BCUT2D eigenvalue weighted by Crippen LogP contribution is 2.26. The predicted octanol–water partition coefficient (Wildman–Crippen LogP) is 0.288. The molecule has 1 amide bonds. The molecule has 142 valence electrons. The van der Waals surface area contributed by atoms with E-state index in [1.807, 2.05) is 0 Å². The minimum Gasteiger partial charge on any atom is -0.479 e. The van der Waals surface area contributed by atoms with Gasteiger partial charge in [0.2, 0.25) is 21.6 Å². The summed E-state index contributed by atoms with van der Waals surface area (Å²) in [6, 6.07) is 4.20. The number of carbonyl (C=O) groups excluding carboxylic acids is 1. The fourth-order valence-electron chi connectivity index (χ4n) is 2.44. The number of sulfonamides is 1. The van der Waals surface area contributed by atoms with Gasteiger partial charge in [0.1, 0.15) is 0 Å². The number of carboxylic acids is 1. The number of carbonyl (C=O) groups is 2. The fourth-order valence-corrected chi connectivity index (χ4v) is 3.47. The molecule has 0 aliphatic carbocycles. The van der Waals surface area contributed by atoms with Crippen molar-refractivity contribution < 1.29 is 32.4 Å². The van der Waals surface area contributed by atoms with Gasteiger partial charge in [0.05, 0.1) is 16.4 Å². The number of rotatable bonds is 7. The maximum atomic E-state index is 13.9. The van der Waals surface area contributed by atoms with Crippen LogP contribution in [0.3, 0.4) is 0 Å². The maximum absolute atomic E-state index is 13.9. The summed E-state index contributed by atoms with van der Waals surface area (Å²) in [7, 11) is -3.97. The van der Waals surface area contributed by atoms with Crippen LogP contribution in [0, 0.1) is 10.1 Å². The first-order valence-electron chi connectivity index (χ1n) is 7.49. The van der Waals surface area contributed by atoms with Crippen molar-refractivity contribution in [2.24, 2.45) is 0 Å². The first kappa shape index (κ1) is 19.7. The summed E-state index contributed by atoms with van der Waals surface area (Å²) in [6.07, 6.45) is -0.593. The number of carboxylic acid groups (broad SMARTS) is 1. The minimum absolute atomic E-state index is 0.0588. The van der Waals surface area contributed by atoms with E-state index in [-0.39, 0.29) is 36.5 Å². The molecule has 1 unspecified atom stereocenters. The Hall–Kier alpha value is -2.60. The van der Waals surface area contributed by atoms with E-state index in [0.717, 1.165) is 29.2 Å². The van der Waals surface area contributed by atoms with Crippen LogP contribution in [0.25, 0.3) is 0 Å². The molecule has 26 heavy (non-hydrogen) atoms. The van der Waals surface area contributed by atoms with Crippen LogP contribution in [0.1, 0.15) is 12.8 Å². The summed E-state index contributed by atoms with van der Waals surface area (Å²) in [4.78, 5) is 33.5. The highest BCUT2D eigenvalue weighted by molar-refractivity contribution is 7.89. The number of amides is 1. The number of halogens is 1. The number of nitro groups is 1. The van der Waals surface area contributed by atoms with Gasteiger partial charge in [0, 0.05) is 38.1 Å². The number of non-ortho nitro benzene ring substituents is 1. The van der Waals surface area contributed by atoms with E-state index in [1.165, 1.54) is 0 Å². The molecule has 1 atom stereocenters. The lowest BCUT2D eigenvalue weighted by molar-refractivity contribution is -0.384. The lowest BCUT2D eigenvalue weighted by Crippen LogP contribution is -2.39. The number of hydrogen-bond donors (Lipinski definition) is 2. The van der Waals surface area contributed by atoms with Crippen LogP contribution >= 0.6 is 0 Å². The lowest BCUT2D eigenvalue weighted by Gasteiger charge is -2.17. The van der Waals surface area contributed by atoms with Crippen LogP contribution < -0.4 is 4.72 Å². The van der Waals surface area contributed by atoms with Crippen LogP contribution in [0.4, 0.5) is 10.1 Å². The smallest absolute Gasteiger partial charge is 0.343 e. The quantitative estimate of drug-likeness (QED) is 0.503. The molecule has 0 aromatic heterocycles. The van der Waals surface area contributed by atoms with Gasteiger partial charge >= 0.3 is 5.97 Å². The molecule has 1 aromatic rings. The average molecular weight is 389 g/mol. The summed E-state index contributed by atoms with van der Waals surface area (Å²) in [5, 5.41) is 19.3. The van der Waals surface area contributed by atoms with Gasteiger partial charge in [-0.15, -0.1) is 0 Å². The van der Waals surface area contributed by atoms with Crippen molar-refractivity contribution in [1.29, 1.82) is 0 Å². The van der Waals surface area contributed by atoms with E-state index >= 15 is 0 Å². The van der Waals surface area contributed by atoms with Crippen LogP contribution in [0.15, 0.2) is 29.2 Å². The zero-order valence-corrected chi connectivity index (χ0v) is 14.2. The van der Waals surface area contributed by atoms with Crippen molar-refractivity contribution in [3.63, 3.8) is 0 Å². The third-order valence-electron chi connectivity index (χ3n) is 3.94. The van der Waals surface area contributed by atoms with E-state index < -0.39 is 39.0 Å². The van der Waals surface area contributed by atoms with Gasteiger partial charge < -0.3 is 10.0 Å². The second-order valence-electron chi connectivity index (χ2n) is 5.73. The van der Waals surface area contributed by atoms with Crippen LogP contribution in [-0.2, 0) is 19.6 Å². The largest absolute Gasteiger partial charge is 0.479 e. The average Bonchev–Trinajstić information content (AvgIpc) is 2.98. The van der Waals surface area contributed by atoms with Crippen molar-refractivity contribution >= 4 is 27.6 Å². The van der Waals surface area contributed by atoms with Gasteiger partial charge in [-0.1, -0.05) is 0 Å². The number of nitro benzene ring substituents is 1. The molecule has 1 fully saturated rings. The molecular weight excluding hydrogens is 373 g/mol. The molecular formula is C14H16FN3O7S. The van der Waals surface area contributed by atoms with Gasteiger partial charge in [-0.3, -0.25) is 14.9 Å². The van der Waals surface area contributed by atoms with Crippen LogP contribution in [0.2, 0.25) is 0 Å². The number of likely N-dealkylation sites (tertiary alicyclic amines) is 1. The van der Waals surface area contributed by atoms with Gasteiger partial charge in [-0.05, 0) is 12.1 Å². The summed E-state index contributed by atoms with van der Waals surface area (Å²) < 4.78 is 40.2. The Kier molecular flexibility index (Phi) is 5.56. The normalized spacial score (nSPS) is 20.1. The van der Waals surface area contributed by atoms with Crippen molar-refractivity contribution in [2.75, 3.05) is 19.6 Å². The molecule has 1 heterocycles. The standard InChI is InChI=1S/C14H16FN3O7S/c15-14(13(20)21)6-8-17(9-14)12(19)5-7-16-26(24,25)11-3-1-10(2-4-11)18(22)23/h1-4,16H,5-9H2,(H,20,21). The SMILES string of the molecule is O=C(CCNS(=O)(=O)c1ccc([N+](=O)[O-])cc1)N1CCC(F)(C(=O)O)C1. The summed E-state index contributed by atoms with van der Waals surface area (Å²) >= 11 is 0. The molecule has 0 bridgehead atoms. The molecule has 1 aromatic carbocycles. The lowest BCUT2D eigenvalue weighted by atomic mass is 10.1.